The van der Waals surface area contributed by atoms with Crippen molar-refractivity contribution in [1.82, 2.24) is 0 Å². The molecule has 0 spiro atoms. The molecule has 0 aliphatic carbocycles. The first kappa shape index (κ1) is 8.55. The van der Waals surface area contributed by atoms with Crippen LogP contribution in [0.5, 0.6) is 0 Å². The fourth-order valence-corrected chi connectivity index (χ4v) is 0.325. The molecule has 0 N–H and O–H groups in total. The molecular formula is C6H8N2O2. The van der Waals surface area contributed by atoms with Gasteiger partial charge in [0, 0.05) is 12.3 Å². The largest absolute Gasteiger partial charge is 0.286 e. The fraction of sp³-hybridized carbons (Fsp3) is 0.167. The van der Waals surface area contributed by atoms with Crippen molar-refractivity contribution in [2.24, 2.45) is 4.99 Å². The third kappa shape index (κ3) is 2.76. The predicted molar refractivity (Wildman–Crippen MR) is 39.4 cm³/mol. The summed E-state index contributed by atoms with van der Waals surface area (Å²) in [6, 6.07) is 0. The Bertz CT molecular complexity index is 194. The van der Waals surface area contributed by atoms with E-state index in [1.165, 1.54) is 6.21 Å². The standard InChI is InChI=1S/C6H8N2O2/c1-3-6(8(9)10)5-7-4-2/h3-5H,1H2,2H3/b6-5+,7-4?. The molecule has 10 heavy (non-hydrogen) atoms. The van der Waals surface area contributed by atoms with Crippen LogP contribution in [0.1, 0.15) is 6.92 Å². The molecule has 0 saturated carbocycles. The molecule has 0 aliphatic rings. The molecule has 0 saturated heterocycles. The molecular weight excluding hydrogens is 132 g/mol. The summed E-state index contributed by atoms with van der Waals surface area (Å²) in [6.45, 7) is 4.93. The summed E-state index contributed by atoms with van der Waals surface area (Å²) in [5.74, 6) is 0. The quantitative estimate of drug-likeness (QED) is 0.257. The fourth-order valence-electron chi connectivity index (χ4n) is 0.325. The summed E-state index contributed by atoms with van der Waals surface area (Å²) in [4.78, 5) is 13.1. The number of nitrogens with zero attached hydrogens (tertiary/aromatic N) is 2. The Hall–Kier alpha value is -1.45. The Labute approximate surface area is 58.7 Å². The lowest BCUT2D eigenvalue weighted by Gasteiger charge is -1.84. The van der Waals surface area contributed by atoms with E-state index < -0.39 is 4.92 Å². The van der Waals surface area contributed by atoms with Crippen molar-refractivity contribution in [1.29, 1.82) is 0 Å². The summed E-state index contributed by atoms with van der Waals surface area (Å²) in [6.07, 6.45) is 3.76. The highest BCUT2D eigenvalue weighted by atomic mass is 16.6. The molecule has 0 aromatic rings. The smallest absolute Gasteiger partial charge is 0.262 e. The molecule has 0 radical (unpaired) electrons. The maximum atomic E-state index is 10.0. The van der Waals surface area contributed by atoms with Crippen molar-refractivity contribution in [3.05, 3.63) is 34.7 Å². The minimum Gasteiger partial charge on any atom is -0.262 e. The Morgan fingerprint density at radius 3 is 2.70 bits per heavy atom. The second-order valence-corrected chi connectivity index (χ2v) is 1.42. The van der Waals surface area contributed by atoms with E-state index in [1.54, 1.807) is 6.92 Å². The molecule has 0 amide bonds. The van der Waals surface area contributed by atoms with Crippen LogP contribution in [0.2, 0.25) is 0 Å². The van der Waals surface area contributed by atoms with E-state index in [9.17, 15) is 10.1 Å². The Kier molecular flexibility index (Phi) is 3.79. The van der Waals surface area contributed by atoms with Gasteiger partial charge in [0.15, 0.2) is 0 Å². The van der Waals surface area contributed by atoms with Gasteiger partial charge in [0.05, 0.1) is 4.92 Å². The average Bonchev–Trinajstić information content (AvgIpc) is 1.89. The van der Waals surface area contributed by atoms with Crippen LogP contribution in [-0.4, -0.2) is 11.1 Å². The summed E-state index contributed by atoms with van der Waals surface area (Å²) in [5.41, 5.74) is -0.0990. The first-order chi connectivity index (χ1) is 4.72. The zero-order chi connectivity index (χ0) is 7.98. The number of nitro groups is 1. The third-order valence-electron chi connectivity index (χ3n) is 0.776. The summed E-state index contributed by atoms with van der Waals surface area (Å²) in [5, 5.41) is 10.0. The molecule has 0 bridgehead atoms. The molecule has 0 aliphatic heterocycles. The summed E-state index contributed by atoms with van der Waals surface area (Å²) < 4.78 is 0. The monoisotopic (exact) mass is 140 g/mol. The van der Waals surface area contributed by atoms with Gasteiger partial charge in [0.25, 0.3) is 5.70 Å². The Morgan fingerprint density at radius 1 is 1.80 bits per heavy atom. The highest BCUT2D eigenvalue weighted by molar-refractivity contribution is 5.54. The van der Waals surface area contributed by atoms with Crippen LogP contribution in [0.25, 0.3) is 0 Å². The van der Waals surface area contributed by atoms with E-state index in [1.807, 2.05) is 0 Å². The van der Waals surface area contributed by atoms with Crippen molar-refractivity contribution >= 4 is 6.21 Å². The molecule has 54 valence electrons. The lowest BCUT2D eigenvalue weighted by atomic mass is 10.5. The second kappa shape index (κ2) is 4.43. The van der Waals surface area contributed by atoms with Crippen LogP contribution in [0.15, 0.2) is 29.5 Å². The van der Waals surface area contributed by atoms with Crippen molar-refractivity contribution in [2.75, 3.05) is 0 Å². The molecule has 0 fully saturated rings. The maximum Gasteiger partial charge on any atom is 0.286 e. The minimum atomic E-state index is -0.542. The minimum absolute atomic E-state index is 0.0990. The zero-order valence-electron chi connectivity index (χ0n) is 5.65. The van der Waals surface area contributed by atoms with Gasteiger partial charge in [-0.05, 0) is 6.92 Å². The van der Waals surface area contributed by atoms with Gasteiger partial charge in [-0.1, -0.05) is 6.58 Å². The molecule has 0 rings (SSSR count). The summed E-state index contributed by atoms with van der Waals surface area (Å²) >= 11 is 0. The molecule has 4 nitrogen and oxygen atoms in total. The van der Waals surface area contributed by atoms with Gasteiger partial charge in [-0.15, -0.1) is 0 Å². The van der Waals surface area contributed by atoms with E-state index in [2.05, 4.69) is 11.6 Å². The zero-order valence-corrected chi connectivity index (χ0v) is 5.65. The van der Waals surface area contributed by atoms with Crippen LogP contribution >= 0.6 is 0 Å². The van der Waals surface area contributed by atoms with Gasteiger partial charge in [-0.25, -0.2) is 0 Å². The van der Waals surface area contributed by atoms with Crippen molar-refractivity contribution in [3.63, 3.8) is 0 Å². The van der Waals surface area contributed by atoms with Gasteiger partial charge in [-0.2, -0.15) is 0 Å². The highest BCUT2D eigenvalue weighted by Crippen LogP contribution is 1.95. The SMILES string of the molecule is C=C/C(=C\N=CC)[N+](=O)[O-]. The van der Waals surface area contributed by atoms with Crippen LogP contribution in [0, 0.1) is 10.1 Å². The number of hydrogen-bond donors (Lipinski definition) is 0. The van der Waals surface area contributed by atoms with E-state index in [0.29, 0.717) is 0 Å². The Morgan fingerprint density at radius 2 is 2.40 bits per heavy atom. The van der Waals surface area contributed by atoms with Crippen LogP contribution in [0.4, 0.5) is 0 Å². The third-order valence-corrected chi connectivity index (χ3v) is 0.776. The van der Waals surface area contributed by atoms with Gasteiger partial charge in [-0.3, -0.25) is 15.1 Å². The number of rotatable bonds is 3. The number of hydrogen-bond acceptors (Lipinski definition) is 3. The molecule has 0 aromatic carbocycles. The van der Waals surface area contributed by atoms with E-state index in [4.69, 9.17) is 0 Å². The highest BCUT2D eigenvalue weighted by Gasteiger charge is 2.01. The van der Waals surface area contributed by atoms with Crippen LogP contribution < -0.4 is 0 Å². The van der Waals surface area contributed by atoms with Gasteiger partial charge in [0.2, 0.25) is 0 Å². The Balaban J connectivity index is 4.33. The van der Waals surface area contributed by atoms with Gasteiger partial charge in [0.1, 0.15) is 6.20 Å². The van der Waals surface area contributed by atoms with Crippen molar-refractivity contribution in [2.45, 2.75) is 6.92 Å². The van der Waals surface area contributed by atoms with Crippen LogP contribution in [-0.2, 0) is 0 Å². The topological polar surface area (TPSA) is 55.5 Å². The normalized spacial score (nSPS) is 11.9. The number of aliphatic imine (C=N–C) groups is 1. The average molecular weight is 140 g/mol. The van der Waals surface area contributed by atoms with Gasteiger partial charge >= 0.3 is 0 Å². The van der Waals surface area contributed by atoms with E-state index in [0.717, 1.165) is 12.3 Å². The van der Waals surface area contributed by atoms with Gasteiger partial charge < -0.3 is 0 Å². The first-order valence-corrected chi connectivity index (χ1v) is 2.67. The van der Waals surface area contributed by atoms with Crippen molar-refractivity contribution < 1.29 is 4.92 Å². The number of allylic oxidation sites excluding steroid dienone is 1. The molecule has 4 heteroatoms. The lowest BCUT2D eigenvalue weighted by molar-refractivity contribution is -0.419. The second-order valence-electron chi connectivity index (χ2n) is 1.42. The molecule has 0 unspecified atom stereocenters. The van der Waals surface area contributed by atoms with Crippen LogP contribution in [0.3, 0.4) is 0 Å². The molecule has 0 aromatic heterocycles. The van der Waals surface area contributed by atoms with E-state index in [-0.39, 0.29) is 5.70 Å². The molecule has 0 atom stereocenters. The maximum absolute atomic E-state index is 10.0. The van der Waals surface area contributed by atoms with E-state index >= 15 is 0 Å². The first-order valence-electron chi connectivity index (χ1n) is 2.67. The molecule has 0 heterocycles. The summed E-state index contributed by atoms with van der Waals surface area (Å²) in [7, 11) is 0. The lowest BCUT2D eigenvalue weighted by Crippen LogP contribution is -1.93. The van der Waals surface area contributed by atoms with Crippen molar-refractivity contribution in [3.8, 4) is 0 Å². The predicted octanol–water partition coefficient (Wildman–Crippen LogP) is 1.38.